The number of likely N-dealkylation sites (tertiary alicyclic amines) is 1. The monoisotopic (exact) mass is 300 g/mol. The molecule has 1 aliphatic carbocycles. The van der Waals surface area contributed by atoms with Crippen LogP contribution in [0, 0.1) is 5.92 Å². The third-order valence-electron chi connectivity index (χ3n) is 5.02. The zero-order valence-corrected chi connectivity index (χ0v) is 13.5. The van der Waals surface area contributed by atoms with Crippen LogP contribution in [0.4, 0.5) is 0 Å². The van der Waals surface area contributed by atoms with Gasteiger partial charge in [0.1, 0.15) is 0 Å². The fourth-order valence-electron chi connectivity index (χ4n) is 3.57. The zero-order chi connectivity index (χ0) is 15.4. The summed E-state index contributed by atoms with van der Waals surface area (Å²) in [5.74, 6) is 0.718. The molecule has 2 atom stereocenters. The van der Waals surface area contributed by atoms with Gasteiger partial charge in [-0.05, 0) is 50.8 Å². The molecule has 2 fully saturated rings. The molecule has 1 aromatic rings. The summed E-state index contributed by atoms with van der Waals surface area (Å²) in [6, 6.07) is 11.9. The number of hydrogen-bond acceptors (Lipinski definition) is 3. The van der Waals surface area contributed by atoms with Gasteiger partial charge in [0.05, 0.1) is 6.61 Å². The number of aliphatic hydroxyl groups is 1. The molecule has 3 nitrogen and oxygen atoms in total. The van der Waals surface area contributed by atoms with Gasteiger partial charge in [-0.3, -0.25) is 0 Å². The first-order valence-electron chi connectivity index (χ1n) is 8.59. The molecule has 0 aromatic heterocycles. The van der Waals surface area contributed by atoms with E-state index in [0.29, 0.717) is 12.1 Å². The van der Waals surface area contributed by atoms with Crippen LogP contribution in [0.2, 0.25) is 0 Å². The van der Waals surface area contributed by atoms with Gasteiger partial charge < -0.3 is 15.3 Å². The quantitative estimate of drug-likeness (QED) is 0.847. The molecule has 3 rings (SSSR count). The number of β-amino-alcohol motifs (C(OH)–C–C–N with tert-alkyl or cyclic N) is 1. The van der Waals surface area contributed by atoms with Gasteiger partial charge >= 0.3 is 0 Å². The topological polar surface area (TPSA) is 35.5 Å². The van der Waals surface area contributed by atoms with Crippen LogP contribution < -0.4 is 5.32 Å². The predicted octanol–water partition coefficient (Wildman–Crippen LogP) is 2.52. The van der Waals surface area contributed by atoms with E-state index >= 15 is 0 Å². The van der Waals surface area contributed by atoms with Crippen LogP contribution in [0.25, 0.3) is 6.08 Å². The summed E-state index contributed by atoms with van der Waals surface area (Å²) >= 11 is 0. The fraction of sp³-hybridized carbons (Fsp3) is 0.579. The van der Waals surface area contributed by atoms with E-state index < -0.39 is 0 Å². The Kier molecular flexibility index (Phi) is 5.29. The maximum Gasteiger partial charge on any atom is 0.0558 e. The SMILES string of the molecule is CC(=Cc1ccccc1)C1CC1NC1CCN(CCO)CC1. The van der Waals surface area contributed by atoms with Gasteiger partial charge in [0.15, 0.2) is 0 Å². The smallest absolute Gasteiger partial charge is 0.0558 e. The van der Waals surface area contributed by atoms with E-state index in [1.54, 1.807) is 0 Å². The maximum absolute atomic E-state index is 8.99. The normalized spacial score (nSPS) is 27.1. The minimum Gasteiger partial charge on any atom is -0.395 e. The lowest BCUT2D eigenvalue weighted by atomic mass is 10.0. The van der Waals surface area contributed by atoms with E-state index in [-0.39, 0.29) is 6.61 Å². The van der Waals surface area contributed by atoms with Crippen molar-refractivity contribution in [1.29, 1.82) is 0 Å². The van der Waals surface area contributed by atoms with Crippen LogP contribution in [-0.2, 0) is 0 Å². The first-order chi connectivity index (χ1) is 10.8. The molecule has 3 heteroatoms. The van der Waals surface area contributed by atoms with Crippen molar-refractivity contribution < 1.29 is 5.11 Å². The van der Waals surface area contributed by atoms with Gasteiger partial charge in [-0.25, -0.2) is 0 Å². The Morgan fingerprint density at radius 2 is 2.00 bits per heavy atom. The molecule has 2 unspecified atom stereocenters. The molecule has 1 aliphatic heterocycles. The Labute approximate surface area is 134 Å². The molecule has 22 heavy (non-hydrogen) atoms. The lowest BCUT2D eigenvalue weighted by Gasteiger charge is -2.32. The Morgan fingerprint density at radius 1 is 1.27 bits per heavy atom. The second-order valence-corrected chi connectivity index (χ2v) is 6.75. The lowest BCUT2D eigenvalue weighted by Crippen LogP contribution is -2.44. The standard InChI is InChI=1S/C19H28N2O/c1-15(13-16-5-3-2-4-6-16)18-14-19(18)20-17-7-9-21(10-8-17)11-12-22/h2-6,13,17-20,22H,7-12,14H2,1H3. The highest BCUT2D eigenvalue weighted by Gasteiger charge is 2.39. The summed E-state index contributed by atoms with van der Waals surface area (Å²) < 4.78 is 0. The van der Waals surface area contributed by atoms with E-state index in [1.807, 2.05) is 0 Å². The molecule has 120 valence electrons. The summed E-state index contributed by atoms with van der Waals surface area (Å²) in [5, 5.41) is 12.8. The highest BCUT2D eigenvalue weighted by atomic mass is 16.3. The first-order valence-corrected chi connectivity index (χ1v) is 8.59. The van der Waals surface area contributed by atoms with Crippen LogP contribution in [-0.4, -0.2) is 48.3 Å². The predicted molar refractivity (Wildman–Crippen MR) is 91.7 cm³/mol. The summed E-state index contributed by atoms with van der Waals surface area (Å²) in [6.45, 7) is 5.62. The maximum atomic E-state index is 8.99. The highest BCUT2D eigenvalue weighted by molar-refractivity contribution is 5.53. The molecular weight excluding hydrogens is 272 g/mol. The van der Waals surface area contributed by atoms with Crippen molar-refractivity contribution >= 4 is 6.08 Å². The van der Waals surface area contributed by atoms with E-state index in [1.165, 1.54) is 30.4 Å². The molecule has 1 saturated heterocycles. The number of nitrogens with zero attached hydrogens (tertiary/aromatic N) is 1. The van der Waals surface area contributed by atoms with Gasteiger partial charge in [-0.2, -0.15) is 0 Å². The van der Waals surface area contributed by atoms with Crippen LogP contribution >= 0.6 is 0 Å². The zero-order valence-electron chi connectivity index (χ0n) is 13.5. The second-order valence-electron chi connectivity index (χ2n) is 6.75. The van der Waals surface area contributed by atoms with Crippen molar-refractivity contribution in [1.82, 2.24) is 10.2 Å². The lowest BCUT2D eigenvalue weighted by molar-refractivity contribution is 0.156. The molecular formula is C19H28N2O. The van der Waals surface area contributed by atoms with Gasteiger partial charge in [-0.15, -0.1) is 0 Å². The van der Waals surface area contributed by atoms with Gasteiger partial charge in [-0.1, -0.05) is 42.0 Å². The molecule has 2 N–H and O–H groups in total. The summed E-state index contributed by atoms with van der Waals surface area (Å²) in [7, 11) is 0. The molecule has 0 spiro atoms. The van der Waals surface area contributed by atoms with E-state index in [2.05, 4.69) is 53.5 Å². The van der Waals surface area contributed by atoms with E-state index in [4.69, 9.17) is 5.11 Å². The summed E-state index contributed by atoms with van der Waals surface area (Å²) in [6.07, 6.45) is 6.04. The first kappa shape index (κ1) is 15.7. The molecule has 1 aromatic carbocycles. The Balaban J connectivity index is 1.44. The third-order valence-corrected chi connectivity index (χ3v) is 5.02. The van der Waals surface area contributed by atoms with Gasteiger partial charge in [0, 0.05) is 18.6 Å². The minimum atomic E-state index is 0.284. The average Bonchev–Trinajstić information content (AvgIpc) is 3.30. The summed E-state index contributed by atoms with van der Waals surface area (Å²) in [4.78, 5) is 2.36. The van der Waals surface area contributed by atoms with Crippen LogP contribution in [0.15, 0.2) is 35.9 Å². The van der Waals surface area contributed by atoms with E-state index in [9.17, 15) is 0 Å². The summed E-state index contributed by atoms with van der Waals surface area (Å²) in [5.41, 5.74) is 2.81. The number of aliphatic hydroxyl groups excluding tert-OH is 1. The molecule has 0 bridgehead atoms. The molecule has 1 heterocycles. The van der Waals surface area contributed by atoms with Gasteiger partial charge in [0.25, 0.3) is 0 Å². The molecule has 2 aliphatic rings. The Morgan fingerprint density at radius 3 is 2.68 bits per heavy atom. The van der Waals surface area contributed by atoms with Crippen LogP contribution in [0.3, 0.4) is 0 Å². The Bertz CT molecular complexity index is 491. The van der Waals surface area contributed by atoms with Crippen molar-refractivity contribution in [2.75, 3.05) is 26.2 Å². The third kappa shape index (κ3) is 4.19. The number of rotatable bonds is 6. The van der Waals surface area contributed by atoms with Gasteiger partial charge in [0.2, 0.25) is 0 Å². The molecule has 0 amide bonds. The van der Waals surface area contributed by atoms with Crippen LogP contribution in [0.1, 0.15) is 31.7 Å². The molecule has 1 saturated carbocycles. The van der Waals surface area contributed by atoms with Crippen molar-refractivity contribution in [2.24, 2.45) is 5.92 Å². The fourth-order valence-corrected chi connectivity index (χ4v) is 3.57. The Hall–Kier alpha value is -1.16. The van der Waals surface area contributed by atoms with E-state index in [0.717, 1.165) is 25.6 Å². The average molecular weight is 300 g/mol. The van der Waals surface area contributed by atoms with Crippen molar-refractivity contribution in [3.8, 4) is 0 Å². The van der Waals surface area contributed by atoms with Crippen molar-refractivity contribution in [2.45, 2.75) is 38.3 Å². The van der Waals surface area contributed by atoms with Crippen LogP contribution in [0.5, 0.6) is 0 Å². The largest absolute Gasteiger partial charge is 0.395 e. The number of piperidine rings is 1. The van der Waals surface area contributed by atoms with Crippen molar-refractivity contribution in [3.05, 3.63) is 41.5 Å². The minimum absolute atomic E-state index is 0.284. The highest BCUT2D eigenvalue weighted by Crippen LogP contribution is 2.38. The molecule has 0 radical (unpaired) electrons. The van der Waals surface area contributed by atoms with Crippen molar-refractivity contribution in [3.63, 3.8) is 0 Å². The number of hydrogen-bond donors (Lipinski definition) is 2. The number of nitrogens with one attached hydrogen (secondary N) is 1. The second kappa shape index (κ2) is 7.40. The number of benzene rings is 1.